The summed E-state index contributed by atoms with van der Waals surface area (Å²) in [6.07, 6.45) is 3.26. The van der Waals surface area contributed by atoms with Crippen LogP contribution in [0.4, 0.5) is 5.69 Å². The standard InChI is InChI=1S/C24H30N6S/c1-29-7-9-30(10-8-29)15-18-4-2-3-17(11-18)12-23(27)24(28)21-13-19(5-6-22(21)26)20(14-25)16-31/h2-6,11-14,16,28H,7-10,15,25-27H2,1H3/b20-14?,23-12-,28-24?. The average molecular weight is 435 g/mol. The lowest BCUT2D eigenvalue weighted by Gasteiger charge is -2.32. The molecule has 0 radical (unpaired) electrons. The molecule has 0 spiro atoms. The van der Waals surface area contributed by atoms with E-state index in [9.17, 15) is 0 Å². The molecule has 0 saturated carbocycles. The van der Waals surface area contributed by atoms with Gasteiger partial charge in [0.05, 0.1) is 11.4 Å². The van der Waals surface area contributed by atoms with Crippen LogP contribution >= 0.6 is 12.2 Å². The molecule has 162 valence electrons. The lowest BCUT2D eigenvalue weighted by molar-refractivity contribution is 0.148. The average Bonchev–Trinajstić information content (AvgIpc) is 2.77. The van der Waals surface area contributed by atoms with Crippen LogP contribution in [0.25, 0.3) is 11.6 Å². The van der Waals surface area contributed by atoms with E-state index in [1.54, 1.807) is 12.1 Å². The summed E-state index contributed by atoms with van der Waals surface area (Å²) in [6.45, 7) is 5.23. The van der Waals surface area contributed by atoms with Gasteiger partial charge in [-0.05, 0) is 41.9 Å². The van der Waals surface area contributed by atoms with E-state index in [1.165, 1.54) is 17.1 Å². The summed E-state index contributed by atoms with van der Waals surface area (Å²) in [6, 6.07) is 13.6. The van der Waals surface area contributed by atoms with Crippen LogP contribution < -0.4 is 17.2 Å². The molecule has 2 aromatic rings. The Labute approximate surface area is 189 Å². The van der Waals surface area contributed by atoms with Gasteiger partial charge in [-0.15, -0.1) is 0 Å². The highest BCUT2D eigenvalue weighted by molar-refractivity contribution is 7.79. The number of nitrogens with two attached hydrogens (primary N) is 3. The van der Waals surface area contributed by atoms with Crippen molar-refractivity contribution in [1.29, 1.82) is 5.41 Å². The molecule has 1 aliphatic rings. The summed E-state index contributed by atoms with van der Waals surface area (Å²) in [7, 11) is 2.16. The summed E-state index contributed by atoms with van der Waals surface area (Å²) in [5, 5.41) is 10.1. The summed E-state index contributed by atoms with van der Waals surface area (Å²) < 4.78 is 0. The topological polar surface area (TPSA) is 108 Å². The lowest BCUT2D eigenvalue weighted by atomic mass is 9.98. The fourth-order valence-electron chi connectivity index (χ4n) is 3.61. The first kappa shape index (κ1) is 22.7. The van der Waals surface area contributed by atoms with E-state index >= 15 is 0 Å². The van der Waals surface area contributed by atoms with Crippen LogP contribution in [0.2, 0.25) is 0 Å². The Morgan fingerprint density at radius 2 is 1.87 bits per heavy atom. The molecular weight excluding hydrogens is 404 g/mol. The fourth-order valence-corrected chi connectivity index (χ4v) is 3.82. The number of nitrogen functional groups attached to an aromatic ring is 1. The first-order chi connectivity index (χ1) is 14.9. The second kappa shape index (κ2) is 10.3. The highest BCUT2D eigenvalue weighted by Gasteiger charge is 2.14. The van der Waals surface area contributed by atoms with Crippen molar-refractivity contribution in [1.82, 2.24) is 9.80 Å². The van der Waals surface area contributed by atoms with E-state index < -0.39 is 0 Å². The molecule has 1 fully saturated rings. The van der Waals surface area contributed by atoms with Crippen LogP contribution in [0.3, 0.4) is 0 Å². The van der Waals surface area contributed by atoms with Gasteiger partial charge < -0.3 is 22.1 Å². The van der Waals surface area contributed by atoms with Crippen LogP contribution in [-0.2, 0) is 6.54 Å². The Kier molecular flexibility index (Phi) is 7.57. The molecule has 0 aromatic heterocycles. The molecule has 6 nitrogen and oxygen atoms in total. The number of nitrogens with zero attached hydrogens (tertiary/aromatic N) is 2. The summed E-state index contributed by atoms with van der Waals surface area (Å²) in [5.41, 5.74) is 23.3. The quantitative estimate of drug-likeness (QED) is 0.231. The molecule has 0 atom stereocenters. The molecule has 0 aliphatic carbocycles. The van der Waals surface area contributed by atoms with Crippen LogP contribution in [0, 0.1) is 5.41 Å². The predicted octanol–water partition coefficient (Wildman–Crippen LogP) is 2.68. The molecule has 0 bridgehead atoms. The molecule has 0 unspecified atom stereocenters. The Morgan fingerprint density at radius 3 is 2.55 bits per heavy atom. The number of piperazine rings is 1. The first-order valence-electron chi connectivity index (χ1n) is 10.2. The van der Waals surface area contributed by atoms with Gasteiger partial charge in [0.1, 0.15) is 0 Å². The van der Waals surface area contributed by atoms with Gasteiger partial charge in [0, 0.05) is 61.1 Å². The van der Waals surface area contributed by atoms with E-state index in [2.05, 4.69) is 29.0 Å². The predicted molar refractivity (Wildman–Crippen MR) is 135 cm³/mol. The minimum absolute atomic E-state index is 0.171. The Balaban J connectivity index is 1.79. The Bertz CT molecular complexity index is 1020. The molecular formula is C24H30N6S. The van der Waals surface area contributed by atoms with Gasteiger partial charge in [0.25, 0.3) is 0 Å². The number of thiocarbonyl (C=S) groups is 1. The second-order valence-electron chi connectivity index (χ2n) is 7.84. The molecule has 7 N–H and O–H groups in total. The number of hydrogen-bond acceptors (Lipinski definition) is 7. The zero-order valence-corrected chi connectivity index (χ0v) is 18.7. The highest BCUT2D eigenvalue weighted by atomic mass is 32.1. The minimum Gasteiger partial charge on any atom is -0.404 e. The molecule has 31 heavy (non-hydrogen) atoms. The van der Waals surface area contributed by atoms with Gasteiger partial charge in [-0.2, -0.15) is 0 Å². The van der Waals surface area contributed by atoms with Crippen molar-refractivity contribution in [2.24, 2.45) is 11.5 Å². The maximum atomic E-state index is 8.58. The van der Waals surface area contributed by atoms with Crippen molar-refractivity contribution >= 4 is 40.6 Å². The lowest BCUT2D eigenvalue weighted by Crippen LogP contribution is -2.43. The molecule has 0 amide bonds. The number of nitrogens with one attached hydrogen (secondary N) is 1. The normalized spacial score (nSPS) is 16.3. The third-order valence-corrected chi connectivity index (χ3v) is 5.78. The van der Waals surface area contributed by atoms with E-state index in [-0.39, 0.29) is 5.71 Å². The first-order valence-corrected chi connectivity index (χ1v) is 10.7. The van der Waals surface area contributed by atoms with Crippen molar-refractivity contribution in [2.45, 2.75) is 6.54 Å². The van der Waals surface area contributed by atoms with Crippen molar-refractivity contribution in [3.8, 4) is 0 Å². The number of hydrogen-bond donors (Lipinski definition) is 4. The Morgan fingerprint density at radius 1 is 1.13 bits per heavy atom. The Hall–Kier alpha value is -3.00. The van der Waals surface area contributed by atoms with Crippen molar-refractivity contribution < 1.29 is 0 Å². The number of allylic oxidation sites excluding steroid dienone is 2. The number of anilines is 1. The van der Waals surface area contributed by atoms with E-state index in [4.69, 9.17) is 34.8 Å². The summed E-state index contributed by atoms with van der Waals surface area (Å²) in [5.74, 6) is 0. The summed E-state index contributed by atoms with van der Waals surface area (Å²) >= 11 is 5.01. The van der Waals surface area contributed by atoms with E-state index in [1.807, 2.05) is 24.3 Å². The molecule has 1 heterocycles. The molecule has 7 heteroatoms. The van der Waals surface area contributed by atoms with E-state index in [0.29, 0.717) is 22.5 Å². The molecule has 3 rings (SSSR count). The number of rotatable bonds is 7. The minimum atomic E-state index is 0.171. The van der Waals surface area contributed by atoms with Crippen LogP contribution in [0.1, 0.15) is 22.3 Å². The molecule has 2 aromatic carbocycles. The van der Waals surface area contributed by atoms with Gasteiger partial charge >= 0.3 is 0 Å². The zero-order chi connectivity index (χ0) is 22.4. The zero-order valence-electron chi connectivity index (χ0n) is 17.8. The van der Waals surface area contributed by atoms with Gasteiger partial charge in [-0.1, -0.05) is 42.5 Å². The maximum absolute atomic E-state index is 8.58. The van der Waals surface area contributed by atoms with Crippen molar-refractivity contribution in [2.75, 3.05) is 39.0 Å². The third kappa shape index (κ3) is 5.79. The maximum Gasteiger partial charge on any atom is 0.0862 e. The van der Waals surface area contributed by atoms with Crippen molar-refractivity contribution in [3.63, 3.8) is 0 Å². The largest absolute Gasteiger partial charge is 0.404 e. The summed E-state index contributed by atoms with van der Waals surface area (Å²) in [4.78, 5) is 4.81. The van der Waals surface area contributed by atoms with Crippen LogP contribution in [0.5, 0.6) is 0 Å². The SMILES string of the molecule is CN1CCN(Cc2cccc(/C=C(\N)C(=N)c3cc(C(C=S)=CN)ccc3N)c2)CC1. The third-order valence-electron chi connectivity index (χ3n) is 5.53. The fraction of sp³-hybridized carbons (Fsp3) is 0.250. The smallest absolute Gasteiger partial charge is 0.0862 e. The second-order valence-corrected chi connectivity index (χ2v) is 8.08. The van der Waals surface area contributed by atoms with Crippen LogP contribution in [-0.4, -0.2) is 54.1 Å². The van der Waals surface area contributed by atoms with Gasteiger partial charge in [0.2, 0.25) is 0 Å². The van der Waals surface area contributed by atoms with Crippen LogP contribution in [0.15, 0.2) is 54.4 Å². The molecule has 1 aliphatic heterocycles. The number of benzene rings is 2. The monoisotopic (exact) mass is 434 g/mol. The van der Waals surface area contributed by atoms with Gasteiger partial charge in [-0.25, -0.2) is 0 Å². The van der Waals surface area contributed by atoms with Crippen molar-refractivity contribution in [3.05, 3.63) is 76.6 Å². The molecule has 1 saturated heterocycles. The van der Waals surface area contributed by atoms with E-state index in [0.717, 1.165) is 43.9 Å². The van der Waals surface area contributed by atoms with Gasteiger partial charge in [-0.3, -0.25) is 10.3 Å². The highest BCUT2D eigenvalue weighted by Crippen LogP contribution is 2.22. The van der Waals surface area contributed by atoms with Gasteiger partial charge in [0.15, 0.2) is 0 Å². The number of likely N-dealkylation sites (N-methyl/N-ethyl adjacent to an activating group) is 1.